The third-order valence-electron chi connectivity index (χ3n) is 5.71. The fraction of sp³-hybridized carbons (Fsp3) is 0.444. The highest BCUT2D eigenvalue weighted by Gasteiger charge is 2.52. The third-order valence-corrected chi connectivity index (χ3v) is 5.92. The van der Waals surface area contributed by atoms with Crippen LogP contribution in [-0.2, 0) is 0 Å². The SMILES string of the molecule is Oc1ccc(/C=N/NC(=S)N[C@@H]2C[C@@H]3C[C@@H]2[C@H]2C=CC[C@H]32)c(O)c1. The van der Waals surface area contributed by atoms with E-state index in [1.807, 2.05) is 0 Å². The maximum absolute atomic E-state index is 9.71. The van der Waals surface area contributed by atoms with Crippen LogP contribution in [0.1, 0.15) is 24.8 Å². The molecule has 6 heteroatoms. The van der Waals surface area contributed by atoms with Gasteiger partial charge >= 0.3 is 0 Å². The average Bonchev–Trinajstić information content (AvgIpc) is 3.21. The standard InChI is InChI=1S/C18H21N3O2S/c22-12-5-4-10(17(23)8-12)9-19-21-18(24)20-16-7-11-6-15(16)14-3-1-2-13(11)14/h1,3-5,8-9,11,13-16,22-23H,2,6-7H2,(H2,20,21,24)/b19-9+/t11-,13+,14-,15+,16+/m0/s1. The number of nitrogens with one attached hydrogen (secondary N) is 2. The molecule has 0 unspecified atom stereocenters. The van der Waals surface area contributed by atoms with Crippen molar-refractivity contribution in [3.8, 4) is 11.5 Å². The number of fused-ring (bicyclic) bond motifs is 5. The van der Waals surface area contributed by atoms with Crippen LogP contribution in [0.25, 0.3) is 0 Å². The monoisotopic (exact) mass is 343 g/mol. The van der Waals surface area contributed by atoms with Crippen LogP contribution in [0.4, 0.5) is 0 Å². The van der Waals surface area contributed by atoms with Crippen LogP contribution in [0.3, 0.4) is 0 Å². The van der Waals surface area contributed by atoms with Gasteiger partial charge in [0.15, 0.2) is 5.11 Å². The number of rotatable bonds is 3. The Balaban J connectivity index is 1.31. The molecule has 1 aromatic carbocycles. The molecule has 0 saturated heterocycles. The normalized spacial score (nSPS) is 33.1. The van der Waals surface area contributed by atoms with E-state index in [0.717, 1.165) is 17.8 Å². The fourth-order valence-corrected chi connectivity index (χ4v) is 4.92. The maximum Gasteiger partial charge on any atom is 0.187 e. The fourth-order valence-electron chi connectivity index (χ4n) is 4.71. The molecular formula is C18H21N3O2S. The number of hydrazone groups is 1. The van der Waals surface area contributed by atoms with E-state index < -0.39 is 0 Å². The number of phenolic OH excluding ortho intramolecular Hbond substituents is 2. The van der Waals surface area contributed by atoms with E-state index in [1.54, 1.807) is 6.07 Å². The highest BCUT2D eigenvalue weighted by molar-refractivity contribution is 7.80. The van der Waals surface area contributed by atoms with Crippen LogP contribution >= 0.6 is 12.2 Å². The lowest BCUT2D eigenvalue weighted by Crippen LogP contribution is -2.45. The van der Waals surface area contributed by atoms with E-state index in [4.69, 9.17) is 12.2 Å². The van der Waals surface area contributed by atoms with Crippen LogP contribution in [0, 0.1) is 23.7 Å². The molecule has 4 rings (SSSR count). The zero-order valence-corrected chi connectivity index (χ0v) is 14.0. The van der Waals surface area contributed by atoms with Gasteiger partial charge in [-0.15, -0.1) is 0 Å². The highest BCUT2D eigenvalue weighted by atomic mass is 32.1. The summed E-state index contributed by atoms with van der Waals surface area (Å²) in [7, 11) is 0. The summed E-state index contributed by atoms with van der Waals surface area (Å²) < 4.78 is 0. The Morgan fingerprint density at radius 2 is 2.12 bits per heavy atom. The van der Waals surface area contributed by atoms with Gasteiger partial charge in [0.05, 0.1) is 6.21 Å². The maximum atomic E-state index is 9.71. The Morgan fingerprint density at radius 3 is 2.96 bits per heavy atom. The smallest absolute Gasteiger partial charge is 0.187 e. The molecule has 3 aliphatic rings. The molecule has 3 aliphatic carbocycles. The zero-order chi connectivity index (χ0) is 16.7. The molecule has 0 heterocycles. The summed E-state index contributed by atoms with van der Waals surface area (Å²) in [5.41, 5.74) is 3.33. The minimum Gasteiger partial charge on any atom is -0.508 e. The Morgan fingerprint density at radius 1 is 1.25 bits per heavy atom. The third kappa shape index (κ3) is 2.75. The van der Waals surface area contributed by atoms with Crippen molar-refractivity contribution >= 4 is 23.5 Å². The van der Waals surface area contributed by atoms with Gasteiger partial charge in [0.1, 0.15) is 11.5 Å². The number of thiocarbonyl (C=S) groups is 1. The lowest BCUT2D eigenvalue weighted by atomic mass is 9.79. The van der Waals surface area contributed by atoms with E-state index in [9.17, 15) is 10.2 Å². The van der Waals surface area contributed by atoms with Crippen molar-refractivity contribution in [3.63, 3.8) is 0 Å². The van der Waals surface area contributed by atoms with Gasteiger partial charge < -0.3 is 15.5 Å². The first-order chi connectivity index (χ1) is 11.6. The lowest BCUT2D eigenvalue weighted by Gasteiger charge is -2.32. The molecule has 1 aromatic rings. The van der Waals surface area contributed by atoms with Crippen LogP contribution in [0.5, 0.6) is 11.5 Å². The van der Waals surface area contributed by atoms with Gasteiger partial charge in [0.25, 0.3) is 0 Å². The molecule has 0 aliphatic heterocycles. The van der Waals surface area contributed by atoms with E-state index in [-0.39, 0.29) is 11.5 Å². The van der Waals surface area contributed by atoms with Crippen LogP contribution in [-0.4, -0.2) is 27.6 Å². The number of allylic oxidation sites excluding steroid dienone is 2. The minimum absolute atomic E-state index is 0.0188. The predicted octanol–water partition coefficient (Wildman–Crippen LogP) is 2.50. The van der Waals surface area contributed by atoms with E-state index >= 15 is 0 Å². The van der Waals surface area contributed by atoms with Crippen molar-refractivity contribution in [2.24, 2.45) is 28.8 Å². The van der Waals surface area contributed by atoms with Gasteiger partial charge in [-0.1, -0.05) is 12.2 Å². The van der Waals surface area contributed by atoms with Crippen LogP contribution in [0.2, 0.25) is 0 Å². The Labute approximate surface area is 146 Å². The summed E-state index contributed by atoms with van der Waals surface area (Å²) >= 11 is 5.34. The molecule has 0 aromatic heterocycles. The van der Waals surface area contributed by atoms with Gasteiger partial charge in [-0.2, -0.15) is 5.10 Å². The topological polar surface area (TPSA) is 76.9 Å². The van der Waals surface area contributed by atoms with E-state index in [0.29, 0.717) is 22.6 Å². The summed E-state index contributed by atoms with van der Waals surface area (Å²) in [4.78, 5) is 0. The van der Waals surface area contributed by atoms with Gasteiger partial charge in [0, 0.05) is 17.7 Å². The van der Waals surface area contributed by atoms with E-state index in [1.165, 1.54) is 37.6 Å². The predicted molar refractivity (Wildman–Crippen MR) is 97.0 cm³/mol. The molecule has 0 amide bonds. The van der Waals surface area contributed by atoms with Gasteiger partial charge in [-0.05, 0) is 67.3 Å². The van der Waals surface area contributed by atoms with Crippen molar-refractivity contribution in [1.82, 2.24) is 10.7 Å². The Kier molecular flexibility index (Phi) is 3.92. The molecule has 2 bridgehead atoms. The molecule has 126 valence electrons. The number of nitrogens with zero attached hydrogens (tertiary/aromatic N) is 1. The van der Waals surface area contributed by atoms with Crippen molar-refractivity contribution < 1.29 is 10.2 Å². The second-order valence-electron chi connectivity index (χ2n) is 6.99. The second kappa shape index (κ2) is 6.09. The molecule has 24 heavy (non-hydrogen) atoms. The first kappa shape index (κ1) is 15.4. The molecule has 5 atom stereocenters. The summed E-state index contributed by atoms with van der Waals surface area (Å²) in [6.45, 7) is 0. The lowest BCUT2D eigenvalue weighted by molar-refractivity contribution is 0.246. The number of hydrogen-bond donors (Lipinski definition) is 4. The summed E-state index contributed by atoms with van der Waals surface area (Å²) in [5, 5.41) is 27.0. The Hall–Kier alpha value is -2.08. The summed E-state index contributed by atoms with van der Waals surface area (Å²) in [5.74, 6) is 3.10. The van der Waals surface area contributed by atoms with Crippen molar-refractivity contribution in [1.29, 1.82) is 0 Å². The Bertz CT molecular complexity index is 718. The first-order valence-electron chi connectivity index (χ1n) is 8.40. The molecular weight excluding hydrogens is 322 g/mol. The number of benzene rings is 1. The summed E-state index contributed by atoms with van der Waals surface area (Å²) in [6, 6.07) is 4.79. The van der Waals surface area contributed by atoms with Crippen molar-refractivity contribution in [2.45, 2.75) is 25.3 Å². The number of hydrogen-bond acceptors (Lipinski definition) is 4. The molecule has 0 radical (unpaired) electrons. The van der Waals surface area contributed by atoms with Crippen LogP contribution in [0.15, 0.2) is 35.5 Å². The molecule has 0 spiro atoms. The quantitative estimate of drug-likeness (QED) is 0.294. The van der Waals surface area contributed by atoms with Gasteiger partial charge in [0.2, 0.25) is 0 Å². The number of aromatic hydroxyl groups is 2. The zero-order valence-electron chi connectivity index (χ0n) is 13.2. The van der Waals surface area contributed by atoms with Crippen molar-refractivity contribution in [3.05, 3.63) is 35.9 Å². The molecule has 2 saturated carbocycles. The van der Waals surface area contributed by atoms with Crippen molar-refractivity contribution in [2.75, 3.05) is 0 Å². The number of phenols is 2. The highest BCUT2D eigenvalue weighted by Crippen LogP contribution is 2.56. The minimum atomic E-state index is -0.0217. The second-order valence-corrected chi connectivity index (χ2v) is 7.40. The molecule has 2 fully saturated rings. The molecule has 4 N–H and O–H groups in total. The largest absolute Gasteiger partial charge is 0.508 e. The molecule has 5 nitrogen and oxygen atoms in total. The van der Waals surface area contributed by atoms with E-state index in [2.05, 4.69) is 28.0 Å². The first-order valence-corrected chi connectivity index (χ1v) is 8.81. The summed E-state index contributed by atoms with van der Waals surface area (Å²) in [6.07, 6.45) is 9.97. The van der Waals surface area contributed by atoms with Crippen LogP contribution < -0.4 is 10.7 Å². The van der Waals surface area contributed by atoms with Gasteiger partial charge in [-0.3, -0.25) is 5.43 Å². The van der Waals surface area contributed by atoms with Gasteiger partial charge in [-0.25, -0.2) is 0 Å². The average molecular weight is 343 g/mol.